The number of nitrogens with one attached hydrogen (secondary N) is 1. The highest BCUT2D eigenvalue weighted by Gasteiger charge is 2.32. The van der Waals surface area contributed by atoms with Gasteiger partial charge in [0.05, 0.1) is 7.11 Å². The van der Waals surface area contributed by atoms with Crippen LogP contribution in [0.2, 0.25) is 0 Å². The Kier molecular flexibility index (Phi) is 5.69. The smallest absolute Gasteiger partial charge is 0.126 e. The molecule has 0 saturated heterocycles. The van der Waals surface area contributed by atoms with Gasteiger partial charge in [-0.2, -0.15) is 0 Å². The zero-order valence-corrected chi connectivity index (χ0v) is 14.3. The third-order valence-corrected chi connectivity index (χ3v) is 5.30. The standard InChI is InChI=1S/C19H31NO/c1-6-15-9-10-16(12-15)18(20-7-2)17-11-8-13(3)14(4)19(17)21-5/h8,11,15-16,18,20H,6-7,9-10,12H2,1-5H3. The fourth-order valence-corrected chi connectivity index (χ4v) is 3.86. The maximum absolute atomic E-state index is 5.76. The van der Waals surface area contributed by atoms with Gasteiger partial charge in [-0.05, 0) is 56.2 Å². The Morgan fingerprint density at radius 3 is 2.57 bits per heavy atom. The quantitative estimate of drug-likeness (QED) is 0.813. The minimum Gasteiger partial charge on any atom is -0.496 e. The lowest BCUT2D eigenvalue weighted by molar-refractivity contribution is 0.338. The van der Waals surface area contributed by atoms with Crippen molar-refractivity contribution in [2.24, 2.45) is 11.8 Å². The van der Waals surface area contributed by atoms with Gasteiger partial charge in [0.25, 0.3) is 0 Å². The molecule has 2 heteroatoms. The van der Waals surface area contributed by atoms with E-state index < -0.39 is 0 Å². The molecule has 21 heavy (non-hydrogen) atoms. The molecule has 2 rings (SSSR count). The lowest BCUT2D eigenvalue weighted by Gasteiger charge is -2.28. The summed E-state index contributed by atoms with van der Waals surface area (Å²) in [7, 11) is 1.80. The highest BCUT2D eigenvalue weighted by molar-refractivity contribution is 5.47. The second kappa shape index (κ2) is 7.31. The normalized spacial score (nSPS) is 23.3. The first-order valence-electron chi connectivity index (χ1n) is 8.49. The summed E-state index contributed by atoms with van der Waals surface area (Å²) in [4.78, 5) is 0. The van der Waals surface area contributed by atoms with E-state index in [-0.39, 0.29) is 0 Å². The Balaban J connectivity index is 2.32. The summed E-state index contributed by atoms with van der Waals surface area (Å²) in [6.45, 7) is 9.86. The van der Waals surface area contributed by atoms with Crippen LogP contribution in [0.3, 0.4) is 0 Å². The number of rotatable bonds is 6. The van der Waals surface area contributed by atoms with Gasteiger partial charge < -0.3 is 10.1 Å². The first-order valence-corrected chi connectivity index (χ1v) is 8.49. The summed E-state index contributed by atoms with van der Waals surface area (Å²) in [6.07, 6.45) is 5.39. The molecule has 0 aromatic heterocycles. The molecule has 2 nitrogen and oxygen atoms in total. The number of aryl methyl sites for hydroxylation is 1. The summed E-state index contributed by atoms with van der Waals surface area (Å²) in [5.41, 5.74) is 3.94. The first-order chi connectivity index (χ1) is 10.1. The molecule has 1 aliphatic carbocycles. The molecular formula is C19H31NO. The van der Waals surface area contributed by atoms with E-state index >= 15 is 0 Å². The number of hydrogen-bond acceptors (Lipinski definition) is 2. The molecule has 1 aliphatic rings. The Morgan fingerprint density at radius 2 is 2.00 bits per heavy atom. The number of hydrogen-bond donors (Lipinski definition) is 1. The van der Waals surface area contributed by atoms with Gasteiger partial charge in [0, 0.05) is 11.6 Å². The van der Waals surface area contributed by atoms with E-state index in [0.29, 0.717) is 6.04 Å². The van der Waals surface area contributed by atoms with Gasteiger partial charge in [0.2, 0.25) is 0 Å². The minimum atomic E-state index is 0.431. The SMILES string of the molecule is CCNC(c1ccc(C)c(C)c1OC)C1CCC(CC)C1. The van der Waals surface area contributed by atoms with Crippen molar-refractivity contribution < 1.29 is 4.74 Å². The van der Waals surface area contributed by atoms with E-state index in [1.165, 1.54) is 42.4 Å². The van der Waals surface area contributed by atoms with E-state index in [0.717, 1.165) is 24.1 Å². The molecule has 1 fully saturated rings. The molecular weight excluding hydrogens is 258 g/mol. The van der Waals surface area contributed by atoms with Gasteiger partial charge in [-0.15, -0.1) is 0 Å². The molecule has 3 unspecified atom stereocenters. The van der Waals surface area contributed by atoms with E-state index in [4.69, 9.17) is 4.74 Å². The summed E-state index contributed by atoms with van der Waals surface area (Å²) in [6, 6.07) is 4.94. The minimum absolute atomic E-state index is 0.431. The van der Waals surface area contributed by atoms with Crippen LogP contribution in [-0.4, -0.2) is 13.7 Å². The molecule has 1 aromatic carbocycles. The van der Waals surface area contributed by atoms with Crippen molar-refractivity contribution >= 4 is 0 Å². The molecule has 0 radical (unpaired) electrons. The number of benzene rings is 1. The van der Waals surface area contributed by atoms with Crippen LogP contribution in [0.5, 0.6) is 5.75 Å². The molecule has 118 valence electrons. The highest BCUT2D eigenvalue weighted by atomic mass is 16.5. The second-order valence-corrected chi connectivity index (χ2v) is 6.51. The summed E-state index contributed by atoms with van der Waals surface area (Å²) < 4.78 is 5.76. The van der Waals surface area contributed by atoms with Crippen LogP contribution in [0, 0.1) is 25.7 Å². The molecule has 0 spiro atoms. The molecule has 0 aliphatic heterocycles. The van der Waals surface area contributed by atoms with Crippen LogP contribution < -0.4 is 10.1 Å². The zero-order valence-electron chi connectivity index (χ0n) is 14.3. The van der Waals surface area contributed by atoms with Gasteiger partial charge >= 0.3 is 0 Å². The molecule has 1 saturated carbocycles. The fraction of sp³-hybridized carbons (Fsp3) is 0.684. The maximum Gasteiger partial charge on any atom is 0.126 e. The second-order valence-electron chi connectivity index (χ2n) is 6.51. The molecule has 0 heterocycles. The summed E-state index contributed by atoms with van der Waals surface area (Å²) in [5, 5.41) is 3.73. The predicted molar refractivity (Wildman–Crippen MR) is 90.0 cm³/mol. The zero-order chi connectivity index (χ0) is 15.4. The molecule has 0 amide bonds. The van der Waals surface area contributed by atoms with Crippen molar-refractivity contribution in [3.8, 4) is 5.75 Å². The number of ether oxygens (including phenoxy) is 1. The lowest BCUT2D eigenvalue weighted by atomic mass is 9.88. The summed E-state index contributed by atoms with van der Waals surface area (Å²) >= 11 is 0. The van der Waals surface area contributed by atoms with E-state index in [1.807, 2.05) is 0 Å². The molecule has 1 N–H and O–H groups in total. The van der Waals surface area contributed by atoms with Gasteiger partial charge in [-0.25, -0.2) is 0 Å². The van der Waals surface area contributed by atoms with Gasteiger partial charge in [0.1, 0.15) is 5.75 Å². The van der Waals surface area contributed by atoms with Crippen LogP contribution in [0.4, 0.5) is 0 Å². The topological polar surface area (TPSA) is 21.3 Å². The number of methoxy groups -OCH3 is 1. The van der Waals surface area contributed by atoms with Gasteiger partial charge in [-0.1, -0.05) is 38.8 Å². The fourth-order valence-electron chi connectivity index (χ4n) is 3.86. The van der Waals surface area contributed by atoms with E-state index in [2.05, 4.69) is 45.1 Å². The molecule has 3 atom stereocenters. The highest BCUT2D eigenvalue weighted by Crippen LogP contribution is 2.43. The van der Waals surface area contributed by atoms with Crippen molar-refractivity contribution in [3.05, 3.63) is 28.8 Å². The van der Waals surface area contributed by atoms with Crippen LogP contribution >= 0.6 is 0 Å². The average molecular weight is 289 g/mol. The summed E-state index contributed by atoms with van der Waals surface area (Å²) in [5.74, 6) is 2.74. The van der Waals surface area contributed by atoms with Gasteiger partial charge in [-0.3, -0.25) is 0 Å². The van der Waals surface area contributed by atoms with Crippen LogP contribution in [0.1, 0.15) is 62.3 Å². The third-order valence-electron chi connectivity index (χ3n) is 5.30. The van der Waals surface area contributed by atoms with Crippen LogP contribution in [0.25, 0.3) is 0 Å². The van der Waals surface area contributed by atoms with Crippen LogP contribution in [-0.2, 0) is 0 Å². The third kappa shape index (κ3) is 3.42. The van der Waals surface area contributed by atoms with Crippen molar-refractivity contribution in [2.45, 2.75) is 59.4 Å². The van der Waals surface area contributed by atoms with Crippen molar-refractivity contribution in [3.63, 3.8) is 0 Å². The monoisotopic (exact) mass is 289 g/mol. The van der Waals surface area contributed by atoms with Gasteiger partial charge in [0.15, 0.2) is 0 Å². The maximum atomic E-state index is 5.76. The molecule has 1 aromatic rings. The Labute approximate surface area is 130 Å². The van der Waals surface area contributed by atoms with Crippen molar-refractivity contribution in [2.75, 3.05) is 13.7 Å². The lowest BCUT2D eigenvalue weighted by Crippen LogP contribution is -2.28. The van der Waals surface area contributed by atoms with Crippen molar-refractivity contribution in [1.29, 1.82) is 0 Å². The van der Waals surface area contributed by atoms with E-state index in [9.17, 15) is 0 Å². The van der Waals surface area contributed by atoms with Crippen LogP contribution in [0.15, 0.2) is 12.1 Å². The first kappa shape index (κ1) is 16.4. The van der Waals surface area contributed by atoms with Crippen molar-refractivity contribution in [1.82, 2.24) is 5.32 Å². The Hall–Kier alpha value is -1.02. The average Bonchev–Trinajstić information content (AvgIpc) is 2.96. The Bertz CT molecular complexity index is 469. The predicted octanol–water partition coefficient (Wildman–Crippen LogP) is 4.79. The molecule has 0 bridgehead atoms. The van der Waals surface area contributed by atoms with E-state index in [1.54, 1.807) is 7.11 Å². The largest absolute Gasteiger partial charge is 0.496 e. The Morgan fingerprint density at radius 1 is 1.24 bits per heavy atom.